The number of piperazine rings is 1. The molecule has 0 radical (unpaired) electrons. The lowest BCUT2D eigenvalue weighted by molar-refractivity contribution is -0.158. The minimum atomic E-state index is -0.596. The fourth-order valence-electron chi connectivity index (χ4n) is 3.38. The van der Waals surface area contributed by atoms with Crippen LogP contribution in [-0.2, 0) is 9.59 Å². The molecule has 1 aliphatic heterocycles. The number of carbonyl (C=O) groups excluding carboxylic acids is 2. The summed E-state index contributed by atoms with van der Waals surface area (Å²) in [6.07, 6.45) is 7.36. The maximum absolute atomic E-state index is 12.8. The fourth-order valence-corrected chi connectivity index (χ4v) is 3.80. The molecule has 1 N–H and O–H groups in total. The van der Waals surface area contributed by atoms with Gasteiger partial charge in [0, 0.05) is 6.54 Å². The van der Waals surface area contributed by atoms with E-state index in [9.17, 15) is 9.59 Å². The molecule has 3 rings (SSSR count). The number of carbonyl (C=O) groups is 2. The summed E-state index contributed by atoms with van der Waals surface area (Å²) in [6, 6.07) is -0.247. The lowest BCUT2D eigenvalue weighted by Gasteiger charge is -2.47. The van der Waals surface area contributed by atoms with Crippen LogP contribution in [0.4, 0.5) is 0 Å². The van der Waals surface area contributed by atoms with Crippen LogP contribution in [0.15, 0.2) is 0 Å². The summed E-state index contributed by atoms with van der Waals surface area (Å²) in [7, 11) is 0. The number of thioether (sulfide) groups is 1. The van der Waals surface area contributed by atoms with E-state index in [-0.39, 0.29) is 17.9 Å². The van der Waals surface area contributed by atoms with Crippen molar-refractivity contribution in [2.24, 2.45) is 11.8 Å². The number of amides is 2. The molecule has 2 amide bonds. The normalized spacial score (nSPS) is 34.3. The highest BCUT2D eigenvalue weighted by atomic mass is 32.2. The second kappa shape index (κ2) is 5.24. The summed E-state index contributed by atoms with van der Waals surface area (Å²) >= 11 is 1.80. The average Bonchev–Trinajstić information content (AvgIpc) is 3.29. The van der Waals surface area contributed by atoms with Gasteiger partial charge >= 0.3 is 0 Å². The van der Waals surface area contributed by atoms with E-state index in [2.05, 4.69) is 11.6 Å². The third kappa shape index (κ3) is 2.34. The maximum atomic E-state index is 12.8. The van der Waals surface area contributed by atoms with Gasteiger partial charge in [-0.1, -0.05) is 0 Å². The molecule has 3 fully saturated rings. The van der Waals surface area contributed by atoms with Crippen molar-refractivity contribution < 1.29 is 9.59 Å². The zero-order valence-electron chi connectivity index (χ0n) is 12.4. The number of hydrogen-bond acceptors (Lipinski definition) is 3. The minimum Gasteiger partial charge on any atom is -0.342 e. The molecule has 0 aromatic heterocycles. The van der Waals surface area contributed by atoms with Gasteiger partial charge < -0.3 is 10.2 Å². The van der Waals surface area contributed by atoms with Crippen LogP contribution in [-0.4, -0.2) is 46.8 Å². The Morgan fingerprint density at radius 3 is 2.55 bits per heavy atom. The molecule has 4 nitrogen and oxygen atoms in total. The third-order valence-corrected chi connectivity index (χ3v) is 5.73. The second-order valence-electron chi connectivity index (χ2n) is 6.55. The summed E-state index contributed by atoms with van der Waals surface area (Å²) in [5, 5.41) is 3.03. The minimum absolute atomic E-state index is 0.0839. The lowest BCUT2D eigenvalue weighted by atomic mass is 9.87. The number of rotatable bonds is 6. The van der Waals surface area contributed by atoms with Crippen molar-refractivity contribution in [3.8, 4) is 0 Å². The molecule has 5 heteroatoms. The average molecular weight is 296 g/mol. The molecule has 2 unspecified atom stereocenters. The van der Waals surface area contributed by atoms with E-state index in [4.69, 9.17) is 0 Å². The quantitative estimate of drug-likeness (QED) is 0.758. The molecule has 0 bridgehead atoms. The van der Waals surface area contributed by atoms with Gasteiger partial charge in [-0.2, -0.15) is 11.8 Å². The highest BCUT2D eigenvalue weighted by Gasteiger charge is 2.58. The predicted octanol–water partition coefficient (Wildman–Crippen LogP) is 1.65. The molecule has 2 aliphatic carbocycles. The van der Waals surface area contributed by atoms with Gasteiger partial charge in [-0.15, -0.1) is 0 Å². The topological polar surface area (TPSA) is 49.4 Å². The van der Waals surface area contributed by atoms with Gasteiger partial charge in [-0.3, -0.25) is 9.59 Å². The van der Waals surface area contributed by atoms with E-state index in [0.29, 0.717) is 11.8 Å². The predicted molar refractivity (Wildman–Crippen MR) is 80.5 cm³/mol. The summed E-state index contributed by atoms with van der Waals surface area (Å²) in [4.78, 5) is 27.3. The van der Waals surface area contributed by atoms with Gasteiger partial charge in [0.15, 0.2) is 0 Å². The molecule has 112 valence electrons. The van der Waals surface area contributed by atoms with Crippen LogP contribution in [0.3, 0.4) is 0 Å². The zero-order chi connectivity index (χ0) is 14.3. The second-order valence-corrected chi connectivity index (χ2v) is 7.53. The number of nitrogens with zero attached hydrogens (tertiary/aromatic N) is 1. The molecule has 3 aliphatic rings. The van der Waals surface area contributed by atoms with Crippen LogP contribution >= 0.6 is 11.8 Å². The van der Waals surface area contributed by atoms with Crippen LogP contribution < -0.4 is 5.32 Å². The SMILES string of the molecule is CSCCCN1C(=O)C(C2CC2)NC(=O)C1(C)C1CC1. The van der Waals surface area contributed by atoms with E-state index in [1.165, 1.54) is 0 Å². The monoisotopic (exact) mass is 296 g/mol. The van der Waals surface area contributed by atoms with Crippen LogP contribution in [0.1, 0.15) is 39.0 Å². The molecule has 1 saturated heterocycles. The van der Waals surface area contributed by atoms with Crippen molar-refractivity contribution in [2.45, 2.75) is 50.6 Å². The van der Waals surface area contributed by atoms with Crippen molar-refractivity contribution in [1.82, 2.24) is 10.2 Å². The van der Waals surface area contributed by atoms with Gasteiger partial charge in [0.25, 0.3) is 0 Å². The van der Waals surface area contributed by atoms with E-state index in [1.54, 1.807) is 11.8 Å². The molecule has 0 spiro atoms. The van der Waals surface area contributed by atoms with E-state index in [1.807, 2.05) is 11.8 Å². The molecule has 0 aromatic carbocycles. The molecular formula is C15H24N2O2S. The molecule has 20 heavy (non-hydrogen) atoms. The van der Waals surface area contributed by atoms with Gasteiger partial charge in [0.2, 0.25) is 11.8 Å². The fraction of sp³-hybridized carbons (Fsp3) is 0.867. The standard InChI is InChI=1S/C15H24N2O2S/c1-15(11-6-7-11)14(19)16-12(10-4-5-10)13(18)17(15)8-3-9-20-2/h10-12H,3-9H2,1-2H3,(H,16,19). The van der Waals surface area contributed by atoms with Crippen LogP contribution in [0.2, 0.25) is 0 Å². The highest BCUT2D eigenvalue weighted by molar-refractivity contribution is 7.98. The van der Waals surface area contributed by atoms with Crippen molar-refractivity contribution in [1.29, 1.82) is 0 Å². The first kappa shape index (κ1) is 14.2. The smallest absolute Gasteiger partial charge is 0.246 e. The van der Waals surface area contributed by atoms with Crippen LogP contribution in [0, 0.1) is 11.8 Å². The molecular weight excluding hydrogens is 272 g/mol. The molecule has 0 aromatic rings. The van der Waals surface area contributed by atoms with Crippen molar-refractivity contribution in [3.63, 3.8) is 0 Å². The Bertz CT molecular complexity index is 420. The van der Waals surface area contributed by atoms with Crippen LogP contribution in [0.5, 0.6) is 0 Å². The summed E-state index contributed by atoms with van der Waals surface area (Å²) in [5.74, 6) is 2.04. The molecule has 1 heterocycles. The summed E-state index contributed by atoms with van der Waals surface area (Å²) in [6.45, 7) is 2.70. The Morgan fingerprint density at radius 2 is 2.00 bits per heavy atom. The first-order chi connectivity index (χ1) is 9.59. The van der Waals surface area contributed by atoms with Crippen molar-refractivity contribution in [3.05, 3.63) is 0 Å². The third-order valence-electron chi connectivity index (χ3n) is 5.03. The first-order valence-corrected chi connectivity index (χ1v) is 9.09. The first-order valence-electron chi connectivity index (χ1n) is 7.70. The van der Waals surface area contributed by atoms with Crippen molar-refractivity contribution >= 4 is 23.6 Å². The van der Waals surface area contributed by atoms with E-state index < -0.39 is 5.54 Å². The Kier molecular flexibility index (Phi) is 3.73. The van der Waals surface area contributed by atoms with Gasteiger partial charge in [0.05, 0.1) is 0 Å². The Morgan fingerprint density at radius 1 is 1.30 bits per heavy atom. The zero-order valence-corrected chi connectivity index (χ0v) is 13.2. The van der Waals surface area contributed by atoms with Gasteiger partial charge in [0.1, 0.15) is 11.6 Å². The van der Waals surface area contributed by atoms with E-state index in [0.717, 1.165) is 44.4 Å². The molecule has 2 atom stereocenters. The van der Waals surface area contributed by atoms with E-state index >= 15 is 0 Å². The Hall–Kier alpha value is -0.710. The van der Waals surface area contributed by atoms with Crippen molar-refractivity contribution in [2.75, 3.05) is 18.6 Å². The van der Waals surface area contributed by atoms with Gasteiger partial charge in [-0.05, 0) is 62.9 Å². The Balaban J connectivity index is 1.80. The maximum Gasteiger partial charge on any atom is 0.246 e. The largest absolute Gasteiger partial charge is 0.342 e. The summed E-state index contributed by atoms with van der Waals surface area (Å²) < 4.78 is 0. The molecule has 2 saturated carbocycles. The lowest BCUT2D eigenvalue weighted by Crippen LogP contribution is -2.71. The number of hydrogen-bond donors (Lipinski definition) is 1. The number of nitrogens with one attached hydrogen (secondary N) is 1. The summed E-state index contributed by atoms with van der Waals surface area (Å²) in [5.41, 5.74) is -0.596. The Labute approximate surface area is 125 Å². The van der Waals surface area contributed by atoms with Crippen LogP contribution in [0.25, 0.3) is 0 Å². The van der Waals surface area contributed by atoms with Gasteiger partial charge in [-0.25, -0.2) is 0 Å². The highest BCUT2D eigenvalue weighted by Crippen LogP contribution is 2.46.